The molecule has 0 saturated heterocycles. The van der Waals surface area contributed by atoms with E-state index in [0.29, 0.717) is 11.4 Å². The van der Waals surface area contributed by atoms with E-state index >= 15 is 0 Å². The molecule has 0 aliphatic carbocycles. The summed E-state index contributed by atoms with van der Waals surface area (Å²) < 4.78 is 22.0. The lowest BCUT2D eigenvalue weighted by molar-refractivity contribution is -0.146. The predicted octanol–water partition coefficient (Wildman–Crippen LogP) is 1.68. The number of anilines is 1. The maximum Gasteiger partial charge on any atom is 0.325 e. The second-order valence-electron chi connectivity index (χ2n) is 7.07. The Kier molecular flexibility index (Phi) is 8.44. The number of hydrogen-bond acceptors (Lipinski definition) is 9. The quantitative estimate of drug-likeness (QED) is 0.402. The maximum absolute atomic E-state index is 12.5. The van der Waals surface area contributed by atoms with Gasteiger partial charge in [0.2, 0.25) is 5.75 Å². The van der Waals surface area contributed by atoms with Gasteiger partial charge in [0.25, 0.3) is 11.8 Å². The molecule has 36 heavy (non-hydrogen) atoms. The summed E-state index contributed by atoms with van der Waals surface area (Å²) in [6.45, 7) is -1.13. The molecule has 0 aliphatic rings. The highest BCUT2D eigenvalue weighted by atomic mass is 16.5. The number of nitriles is 1. The van der Waals surface area contributed by atoms with E-state index in [1.165, 1.54) is 44.3 Å². The van der Waals surface area contributed by atoms with E-state index < -0.39 is 30.9 Å². The van der Waals surface area contributed by atoms with E-state index in [1.54, 1.807) is 24.3 Å². The van der Waals surface area contributed by atoms with E-state index in [4.69, 9.17) is 18.9 Å². The summed E-state index contributed by atoms with van der Waals surface area (Å²) in [6.07, 6.45) is 1.31. The lowest BCUT2D eigenvalue weighted by Gasteiger charge is -2.14. The Morgan fingerprint density at radius 1 is 1.03 bits per heavy atom. The minimum absolute atomic E-state index is 0.135. The minimum atomic E-state index is -0.844. The van der Waals surface area contributed by atoms with Crippen molar-refractivity contribution >= 4 is 23.6 Å². The van der Waals surface area contributed by atoms with Crippen molar-refractivity contribution in [2.45, 2.75) is 0 Å². The van der Waals surface area contributed by atoms with Crippen molar-refractivity contribution in [2.75, 3.05) is 39.8 Å². The zero-order valence-corrected chi connectivity index (χ0v) is 19.7. The molecule has 186 valence electrons. The molecular weight excluding hydrogens is 470 g/mol. The molecule has 0 aliphatic heterocycles. The molecule has 2 aromatic carbocycles. The highest BCUT2D eigenvalue weighted by Crippen LogP contribution is 2.38. The Balaban J connectivity index is 1.57. The van der Waals surface area contributed by atoms with Crippen LogP contribution in [-0.2, 0) is 14.3 Å². The Morgan fingerprint density at radius 3 is 2.28 bits per heavy atom. The van der Waals surface area contributed by atoms with Crippen molar-refractivity contribution in [3.05, 3.63) is 59.8 Å². The van der Waals surface area contributed by atoms with Crippen molar-refractivity contribution in [3.8, 4) is 29.0 Å². The summed E-state index contributed by atoms with van der Waals surface area (Å²) in [5.41, 5.74) is 0.921. The summed E-state index contributed by atoms with van der Waals surface area (Å²) in [5.74, 6) is -1.13. The first-order valence-electron chi connectivity index (χ1n) is 10.5. The van der Waals surface area contributed by atoms with E-state index in [9.17, 15) is 19.6 Å². The Morgan fingerprint density at radius 2 is 1.69 bits per heavy atom. The Hall–Kier alpha value is -5.05. The topological polar surface area (TPSA) is 154 Å². The van der Waals surface area contributed by atoms with Crippen LogP contribution in [0.5, 0.6) is 17.2 Å². The number of methoxy groups -OCH3 is 3. The van der Waals surface area contributed by atoms with Gasteiger partial charge in [-0.15, -0.1) is 0 Å². The van der Waals surface area contributed by atoms with Crippen LogP contribution in [0.25, 0.3) is 5.69 Å². The highest BCUT2D eigenvalue weighted by molar-refractivity contribution is 5.97. The fraction of sp³-hybridized carbons (Fsp3) is 0.208. The van der Waals surface area contributed by atoms with Gasteiger partial charge in [-0.2, -0.15) is 10.4 Å². The SMILES string of the molecule is COc1cc(C(=O)NCC(=O)OCC(=O)Nc2c(C#N)cnn2-c2ccccc2)cc(OC)c1OC. The first-order chi connectivity index (χ1) is 17.4. The number of rotatable bonds is 10. The second kappa shape index (κ2) is 11.9. The van der Waals surface area contributed by atoms with E-state index in [2.05, 4.69) is 15.7 Å². The van der Waals surface area contributed by atoms with Gasteiger partial charge in [-0.25, -0.2) is 4.68 Å². The van der Waals surface area contributed by atoms with Gasteiger partial charge in [0.15, 0.2) is 23.9 Å². The molecule has 3 rings (SSSR count). The van der Waals surface area contributed by atoms with Gasteiger partial charge in [-0.05, 0) is 24.3 Å². The molecule has 3 aromatic rings. The van der Waals surface area contributed by atoms with Crippen molar-refractivity contribution in [2.24, 2.45) is 0 Å². The van der Waals surface area contributed by atoms with Crippen molar-refractivity contribution in [1.82, 2.24) is 15.1 Å². The summed E-state index contributed by atoms with van der Waals surface area (Å²) in [6, 6.07) is 13.7. The van der Waals surface area contributed by atoms with Crippen LogP contribution in [-0.4, -0.2) is 62.0 Å². The van der Waals surface area contributed by atoms with Crippen LogP contribution < -0.4 is 24.8 Å². The van der Waals surface area contributed by atoms with Crippen LogP contribution >= 0.6 is 0 Å². The van der Waals surface area contributed by atoms with Gasteiger partial charge >= 0.3 is 5.97 Å². The number of hydrogen-bond donors (Lipinski definition) is 2. The van der Waals surface area contributed by atoms with E-state index in [1.807, 2.05) is 12.1 Å². The zero-order chi connectivity index (χ0) is 26.1. The Labute approximate surface area is 206 Å². The van der Waals surface area contributed by atoms with Crippen LogP contribution in [0.3, 0.4) is 0 Å². The average molecular weight is 493 g/mol. The molecule has 12 nitrogen and oxygen atoms in total. The number of esters is 1. The van der Waals surface area contributed by atoms with Gasteiger partial charge in [0.05, 0.1) is 33.2 Å². The number of benzene rings is 2. The summed E-state index contributed by atoms with van der Waals surface area (Å²) in [4.78, 5) is 36.9. The number of carbonyl (C=O) groups is 3. The van der Waals surface area contributed by atoms with E-state index in [0.717, 1.165) is 0 Å². The highest BCUT2D eigenvalue weighted by Gasteiger charge is 2.19. The summed E-state index contributed by atoms with van der Waals surface area (Å²) in [5, 5.41) is 18.4. The lowest BCUT2D eigenvalue weighted by atomic mass is 10.1. The molecule has 2 amide bonds. The third-order valence-electron chi connectivity index (χ3n) is 4.83. The standard InChI is InChI=1S/C24H23N5O7/c1-33-18-9-15(10-19(34-2)22(18)35-3)24(32)26-13-21(31)36-14-20(30)28-23-16(11-25)12-27-29(23)17-7-5-4-6-8-17/h4-10,12H,13-14H2,1-3H3,(H,26,32)(H,28,30). The van der Waals surface area contributed by atoms with Gasteiger partial charge in [0.1, 0.15) is 18.2 Å². The number of para-hydroxylation sites is 1. The zero-order valence-electron chi connectivity index (χ0n) is 19.7. The molecule has 0 fully saturated rings. The molecule has 0 saturated carbocycles. The molecule has 1 aromatic heterocycles. The fourth-order valence-electron chi connectivity index (χ4n) is 3.15. The number of nitrogens with zero attached hydrogens (tertiary/aromatic N) is 3. The largest absolute Gasteiger partial charge is 0.493 e. The number of aromatic nitrogens is 2. The van der Waals surface area contributed by atoms with Gasteiger partial charge < -0.3 is 29.6 Å². The van der Waals surface area contributed by atoms with Crippen molar-refractivity contribution < 1.29 is 33.3 Å². The van der Waals surface area contributed by atoms with Crippen molar-refractivity contribution in [1.29, 1.82) is 5.26 Å². The van der Waals surface area contributed by atoms with Gasteiger partial charge in [0, 0.05) is 5.56 Å². The lowest BCUT2D eigenvalue weighted by Crippen LogP contribution is -2.32. The Bertz CT molecular complexity index is 1270. The van der Waals surface area contributed by atoms with Crippen LogP contribution in [0.1, 0.15) is 15.9 Å². The average Bonchev–Trinajstić information content (AvgIpc) is 3.32. The third kappa shape index (κ3) is 5.89. The van der Waals surface area contributed by atoms with Crippen LogP contribution in [0.2, 0.25) is 0 Å². The normalized spacial score (nSPS) is 10.1. The molecule has 0 atom stereocenters. The number of amides is 2. The molecule has 0 unspecified atom stereocenters. The van der Waals surface area contributed by atoms with Gasteiger partial charge in [-0.3, -0.25) is 14.4 Å². The number of nitrogens with one attached hydrogen (secondary N) is 2. The summed E-state index contributed by atoms with van der Waals surface area (Å²) in [7, 11) is 4.25. The number of ether oxygens (including phenoxy) is 4. The third-order valence-corrected chi connectivity index (χ3v) is 4.83. The van der Waals surface area contributed by atoms with Gasteiger partial charge in [-0.1, -0.05) is 18.2 Å². The first kappa shape index (κ1) is 25.6. The smallest absolute Gasteiger partial charge is 0.325 e. The second-order valence-corrected chi connectivity index (χ2v) is 7.07. The molecular formula is C24H23N5O7. The van der Waals surface area contributed by atoms with Crippen LogP contribution in [0.15, 0.2) is 48.7 Å². The monoisotopic (exact) mass is 493 g/mol. The molecule has 0 bridgehead atoms. The molecule has 0 radical (unpaired) electrons. The van der Waals surface area contributed by atoms with Crippen molar-refractivity contribution in [3.63, 3.8) is 0 Å². The molecule has 2 N–H and O–H groups in total. The fourth-order valence-corrected chi connectivity index (χ4v) is 3.15. The molecule has 12 heteroatoms. The maximum atomic E-state index is 12.5. The first-order valence-corrected chi connectivity index (χ1v) is 10.5. The predicted molar refractivity (Wildman–Crippen MR) is 126 cm³/mol. The number of carbonyl (C=O) groups excluding carboxylic acids is 3. The molecule has 0 spiro atoms. The molecule has 1 heterocycles. The van der Waals surface area contributed by atoms with Crippen LogP contribution in [0.4, 0.5) is 5.82 Å². The minimum Gasteiger partial charge on any atom is -0.493 e. The van der Waals surface area contributed by atoms with E-state index in [-0.39, 0.29) is 28.4 Å². The summed E-state index contributed by atoms with van der Waals surface area (Å²) >= 11 is 0. The van der Waals surface area contributed by atoms with Crippen LogP contribution in [0, 0.1) is 11.3 Å².